The molecular weight excluding hydrogens is 355 g/mol. The third kappa shape index (κ3) is 3.21. The second-order valence-electron chi connectivity index (χ2n) is 7.80. The van der Waals surface area contributed by atoms with E-state index in [1.807, 2.05) is 30.3 Å². The van der Waals surface area contributed by atoms with Crippen LogP contribution in [0.4, 0.5) is 0 Å². The van der Waals surface area contributed by atoms with Gasteiger partial charge >= 0.3 is 0 Å². The third-order valence-electron chi connectivity index (χ3n) is 6.24. The maximum atomic E-state index is 12.5. The largest absolute Gasteiger partial charge is 0.273 e. The Morgan fingerprint density at radius 2 is 1.68 bits per heavy atom. The van der Waals surface area contributed by atoms with Crippen molar-refractivity contribution in [3.05, 3.63) is 35.9 Å². The Kier molecular flexibility index (Phi) is 4.57. The van der Waals surface area contributed by atoms with Gasteiger partial charge < -0.3 is 0 Å². The van der Waals surface area contributed by atoms with Gasteiger partial charge in [0.25, 0.3) is 0 Å². The predicted molar refractivity (Wildman–Crippen MR) is 102 cm³/mol. The summed E-state index contributed by atoms with van der Waals surface area (Å²) in [6.45, 7) is 0. The van der Waals surface area contributed by atoms with E-state index in [2.05, 4.69) is 10.5 Å². The molecule has 25 heavy (non-hydrogen) atoms. The molecule has 0 aliphatic heterocycles. The summed E-state index contributed by atoms with van der Waals surface area (Å²) in [5, 5.41) is 4.25. The van der Waals surface area contributed by atoms with E-state index in [-0.39, 0.29) is 11.8 Å². The molecule has 4 rings (SSSR count). The Balaban J connectivity index is 1.40. The van der Waals surface area contributed by atoms with Crippen molar-refractivity contribution in [1.29, 1.82) is 0 Å². The number of hydrazone groups is 1. The summed E-state index contributed by atoms with van der Waals surface area (Å²) in [4.78, 5) is 12.5. The van der Waals surface area contributed by atoms with Gasteiger partial charge in [-0.1, -0.05) is 56.0 Å². The number of fused-ring (bicyclic) bond motifs is 1. The summed E-state index contributed by atoms with van der Waals surface area (Å²) in [6.07, 6.45) is 9.84. The van der Waals surface area contributed by atoms with E-state index in [1.165, 1.54) is 38.5 Å². The highest BCUT2D eigenvalue weighted by Crippen LogP contribution is 2.63. The molecule has 0 radical (unpaired) electrons. The van der Waals surface area contributed by atoms with Crippen LogP contribution in [-0.2, 0) is 10.2 Å². The van der Waals surface area contributed by atoms with Crippen molar-refractivity contribution in [1.82, 2.24) is 5.43 Å². The summed E-state index contributed by atoms with van der Waals surface area (Å²) in [6, 6.07) is 9.90. The molecule has 1 N–H and O–H groups in total. The van der Waals surface area contributed by atoms with E-state index in [0.29, 0.717) is 18.3 Å². The molecule has 0 heterocycles. The van der Waals surface area contributed by atoms with Gasteiger partial charge in [0.2, 0.25) is 5.91 Å². The van der Waals surface area contributed by atoms with Crippen LogP contribution in [0.5, 0.6) is 0 Å². The van der Waals surface area contributed by atoms with Gasteiger partial charge in [-0.15, -0.1) is 23.2 Å². The van der Waals surface area contributed by atoms with Crippen LogP contribution < -0.4 is 5.43 Å². The van der Waals surface area contributed by atoms with E-state index in [1.54, 1.807) is 6.21 Å². The minimum atomic E-state index is -0.855. The van der Waals surface area contributed by atoms with Gasteiger partial charge in [-0.05, 0) is 36.7 Å². The van der Waals surface area contributed by atoms with Gasteiger partial charge in [-0.3, -0.25) is 4.79 Å². The van der Waals surface area contributed by atoms with Crippen LogP contribution in [0.3, 0.4) is 0 Å². The molecule has 0 spiro atoms. The van der Waals surface area contributed by atoms with E-state index >= 15 is 0 Å². The maximum Gasteiger partial charge on any atom is 0.243 e. The second kappa shape index (κ2) is 6.59. The summed E-state index contributed by atoms with van der Waals surface area (Å²) < 4.78 is -0.855. The molecule has 3 fully saturated rings. The number of carbonyl (C=O) groups excluding carboxylic acids is 1. The van der Waals surface area contributed by atoms with Crippen molar-refractivity contribution < 1.29 is 4.79 Å². The summed E-state index contributed by atoms with van der Waals surface area (Å²) in [7, 11) is 0. The lowest BCUT2D eigenvalue weighted by atomic mass is 9.97. The first kappa shape index (κ1) is 17.4. The Morgan fingerprint density at radius 3 is 2.24 bits per heavy atom. The highest BCUT2D eigenvalue weighted by molar-refractivity contribution is 6.53. The topological polar surface area (TPSA) is 41.5 Å². The average Bonchev–Trinajstić information content (AvgIpc) is 3.41. The van der Waals surface area contributed by atoms with E-state index in [0.717, 1.165) is 5.56 Å². The Bertz CT molecular complexity index is 662. The number of rotatable bonds is 4. The molecule has 3 aliphatic carbocycles. The van der Waals surface area contributed by atoms with Crippen LogP contribution >= 0.6 is 23.2 Å². The third-order valence-corrected chi connectivity index (χ3v) is 7.18. The summed E-state index contributed by atoms with van der Waals surface area (Å²) in [5.74, 6) is 1.35. The van der Waals surface area contributed by atoms with Crippen molar-refractivity contribution in [2.75, 3.05) is 0 Å². The molecular formula is C20H24Cl2N2O. The van der Waals surface area contributed by atoms with Gasteiger partial charge in [0.15, 0.2) is 0 Å². The van der Waals surface area contributed by atoms with Crippen molar-refractivity contribution in [2.24, 2.45) is 22.9 Å². The minimum absolute atomic E-state index is 0.0618. The van der Waals surface area contributed by atoms with Gasteiger partial charge in [0.05, 0.1) is 5.41 Å². The van der Waals surface area contributed by atoms with Crippen LogP contribution in [0, 0.1) is 17.8 Å². The first-order valence-electron chi connectivity index (χ1n) is 9.33. The van der Waals surface area contributed by atoms with E-state index < -0.39 is 9.75 Å². The van der Waals surface area contributed by atoms with E-state index in [4.69, 9.17) is 23.2 Å². The number of amides is 1. The van der Waals surface area contributed by atoms with Crippen molar-refractivity contribution >= 4 is 35.3 Å². The lowest BCUT2D eigenvalue weighted by molar-refractivity contribution is -0.122. The predicted octanol–water partition coefficient (Wildman–Crippen LogP) is 4.82. The number of benzene rings is 1. The standard InChI is InChI=1S/C20H24Cl2N2O/c21-20(22)12-19(20,14-8-4-3-5-9-14)13-23-24-18(25)17-15-10-6-1-2-7-11-16(15)17/h3-5,8-9,13,15-17H,1-2,6-7,10-12H2,(H,24,25)/b23-13-/t15-,16+,17?,19-/m0/s1. The van der Waals surface area contributed by atoms with E-state index in [9.17, 15) is 4.79 Å². The number of nitrogens with one attached hydrogen (secondary N) is 1. The zero-order valence-electron chi connectivity index (χ0n) is 14.3. The Morgan fingerprint density at radius 1 is 1.08 bits per heavy atom. The quantitative estimate of drug-likeness (QED) is 0.455. The molecule has 0 aromatic heterocycles. The molecule has 1 amide bonds. The smallest absolute Gasteiger partial charge is 0.243 e. The molecule has 4 atom stereocenters. The lowest BCUT2D eigenvalue weighted by Gasteiger charge is -2.13. The van der Waals surface area contributed by atoms with Crippen LogP contribution in [0.25, 0.3) is 0 Å². The molecule has 5 heteroatoms. The van der Waals surface area contributed by atoms with Crippen molar-refractivity contribution in [2.45, 2.75) is 54.7 Å². The van der Waals surface area contributed by atoms with Crippen LogP contribution in [-0.4, -0.2) is 16.5 Å². The van der Waals surface area contributed by atoms with Gasteiger partial charge in [0, 0.05) is 12.1 Å². The molecule has 3 aliphatic rings. The average molecular weight is 379 g/mol. The van der Waals surface area contributed by atoms with Crippen LogP contribution in [0.1, 0.15) is 50.5 Å². The molecule has 0 bridgehead atoms. The summed E-state index contributed by atoms with van der Waals surface area (Å²) >= 11 is 12.8. The Hall–Kier alpha value is -1.06. The van der Waals surface area contributed by atoms with Crippen LogP contribution in [0.2, 0.25) is 0 Å². The number of carbonyl (C=O) groups is 1. The lowest BCUT2D eigenvalue weighted by Crippen LogP contribution is -2.24. The highest BCUT2D eigenvalue weighted by atomic mass is 35.5. The molecule has 3 nitrogen and oxygen atoms in total. The molecule has 1 aromatic rings. The number of hydrogen-bond acceptors (Lipinski definition) is 2. The maximum absolute atomic E-state index is 12.5. The van der Waals surface area contributed by atoms with Gasteiger partial charge in [-0.25, -0.2) is 5.43 Å². The van der Waals surface area contributed by atoms with Crippen molar-refractivity contribution in [3.8, 4) is 0 Å². The molecule has 1 unspecified atom stereocenters. The fraction of sp³-hybridized carbons (Fsp3) is 0.600. The SMILES string of the molecule is O=C(N/N=C\[C@]1(c2ccccc2)CC1(Cl)Cl)C1[C@H]2CCCCCC[C@@H]12. The van der Waals surface area contributed by atoms with Crippen LogP contribution in [0.15, 0.2) is 35.4 Å². The Labute approximate surface area is 159 Å². The molecule has 134 valence electrons. The minimum Gasteiger partial charge on any atom is -0.273 e. The number of alkyl halides is 2. The fourth-order valence-corrected chi connectivity index (χ4v) is 5.32. The zero-order chi connectivity index (χ0) is 17.5. The normalized spacial score (nSPS) is 36.2. The first-order valence-corrected chi connectivity index (χ1v) is 10.1. The fourth-order valence-electron chi connectivity index (χ4n) is 4.58. The number of hydrogen-bond donors (Lipinski definition) is 1. The van der Waals surface area contributed by atoms with Gasteiger partial charge in [0.1, 0.15) is 4.33 Å². The second-order valence-corrected chi connectivity index (χ2v) is 9.28. The monoisotopic (exact) mass is 378 g/mol. The summed E-state index contributed by atoms with van der Waals surface area (Å²) in [5.41, 5.74) is 3.29. The highest BCUT2D eigenvalue weighted by Gasteiger charge is 2.66. The van der Waals surface area contributed by atoms with Gasteiger partial charge in [-0.2, -0.15) is 5.10 Å². The number of halogens is 2. The molecule has 0 saturated heterocycles. The molecule has 3 saturated carbocycles. The number of nitrogens with zero attached hydrogens (tertiary/aromatic N) is 1. The van der Waals surface area contributed by atoms with Crippen molar-refractivity contribution in [3.63, 3.8) is 0 Å². The first-order chi connectivity index (χ1) is 12.1. The molecule has 1 aromatic carbocycles. The zero-order valence-corrected chi connectivity index (χ0v) is 15.8.